The molecule has 8 heteroatoms. The van der Waals surface area contributed by atoms with Crippen molar-refractivity contribution < 1.29 is 9.59 Å². The topological polar surface area (TPSA) is 103 Å². The van der Waals surface area contributed by atoms with Crippen LogP contribution in [0.1, 0.15) is 10.4 Å². The molecule has 0 fully saturated rings. The highest BCUT2D eigenvalue weighted by Crippen LogP contribution is 2.15. The summed E-state index contributed by atoms with van der Waals surface area (Å²) in [5.41, 5.74) is 5.93. The number of nitrogens with one attached hydrogen (secondary N) is 1. The Hall–Kier alpha value is -2.22. The van der Waals surface area contributed by atoms with Crippen LogP contribution in [-0.2, 0) is 11.3 Å². The highest BCUT2D eigenvalue weighted by molar-refractivity contribution is 9.10. The van der Waals surface area contributed by atoms with E-state index in [2.05, 4.69) is 31.3 Å². The number of anilines is 1. The number of nitrogens with zero attached hydrogens (tertiary/aromatic N) is 3. The summed E-state index contributed by atoms with van der Waals surface area (Å²) in [6.07, 6.45) is 4.53. The molecule has 2 amide bonds. The van der Waals surface area contributed by atoms with E-state index < -0.39 is 5.91 Å². The van der Waals surface area contributed by atoms with Gasteiger partial charge in [0, 0.05) is 12.4 Å². The average molecular weight is 324 g/mol. The van der Waals surface area contributed by atoms with Gasteiger partial charge in [-0.25, -0.2) is 4.98 Å². The van der Waals surface area contributed by atoms with Crippen LogP contribution in [0.5, 0.6) is 0 Å². The van der Waals surface area contributed by atoms with Crippen molar-refractivity contribution >= 4 is 33.4 Å². The molecule has 0 aliphatic rings. The lowest BCUT2D eigenvalue weighted by molar-refractivity contribution is -0.118. The van der Waals surface area contributed by atoms with E-state index in [1.54, 1.807) is 18.3 Å². The molecule has 0 radical (unpaired) electrons. The largest absolute Gasteiger partial charge is 0.368 e. The van der Waals surface area contributed by atoms with Crippen molar-refractivity contribution in [2.24, 2.45) is 5.73 Å². The van der Waals surface area contributed by atoms with E-state index in [1.807, 2.05) is 0 Å². The molecular formula is C11H10BrN5O2. The molecule has 2 aromatic rings. The van der Waals surface area contributed by atoms with E-state index in [4.69, 9.17) is 5.73 Å². The Labute approximate surface area is 116 Å². The van der Waals surface area contributed by atoms with Crippen LogP contribution in [0.15, 0.2) is 35.3 Å². The molecule has 0 bridgehead atoms. The lowest BCUT2D eigenvalue weighted by Crippen LogP contribution is -2.18. The molecule has 0 atom stereocenters. The normalized spacial score (nSPS) is 10.2. The first-order chi connectivity index (χ1) is 9.06. The molecule has 19 heavy (non-hydrogen) atoms. The fraction of sp³-hybridized carbons (Fsp3) is 0.0909. The molecule has 7 nitrogen and oxygen atoms in total. The molecule has 2 aromatic heterocycles. The third-order valence-corrected chi connectivity index (χ3v) is 2.84. The van der Waals surface area contributed by atoms with Gasteiger partial charge in [0.15, 0.2) is 0 Å². The van der Waals surface area contributed by atoms with E-state index in [1.165, 1.54) is 17.1 Å². The average Bonchev–Trinajstić information content (AvgIpc) is 2.76. The number of amides is 2. The zero-order valence-electron chi connectivity index (χ0n) is 9.71. The van der Waals surface area contributed by atoms with Gasteiger partial charge in [0.25, 0.3) is 5.91 Å². The van der Waals surface area contributed by atoms with E-state index in [-0.39, 0.29) is 12.5 Å². The minimum Gasteiger partial charge on any atom is -0.368 e. The molecule has 0 spiro atoms. The van der Waals surface area contributed by atoms with E-state index in [0.29, 0.717) is 15.9 Å². The van der Waals surface area contributed by atoms with Crippen molar-refractivity contribution in [1.82, 2.24) is 14.8 Å². The van der Waals surface area contributed by atoms with Crippen molar-refractivity contribution in [2.45, 2.75) is 6.54 Å². The zero-order valence-corrected chi connectivity index (χ0v) is 11.3. The third kappa shape index (κ3) is 3.38. The molecule has 2 heterocycles. The first kappa shape index (κ1) is 13.2. The monoisotopic (exact) mass is 323 g/mol. The van der Waals surface area contributed by atoms with E-state index in [9.17, 15) is 9.59 Å². The third-order valence-electron chi connectivity index (χ3n) is 2.21. The summed E-state index contributed by atoms with van der Waals surface area (Å²) in [5.74, 6) is -0.824. The van der Waals surface area contributed by atoms with Gasteiger partial charge in [-0.3, -0.25) is 14.3 Å². The Bertz CT molecular complexity index is 625. The van der Waals surface area contributed by atoms with Crippen LogP contribution in [-0.4, -0.2) is 26.6 Å². The van der Waals surface area contributed by atoms with Crippen molar-refractivity contribution in [3.8, 4) is 0 Å². The SMILES string of the molecule is NC(=O)Cn1cc(NC(=O)c2cccnc2Br)cn1. The van der Waals surface area contributed by atoms with Crippen molar-refractivity contribution in [1.29, 1.82) is 0 Å². The second-order valence-electron chi connectivity index (χ2n) is 3.69. The molecule has 0 saturated carbocycles. The number of hydrogen-bond acceptors (Lipinski definition) is 4. The number of aromatic nitrogens is 3. The molecular weight excluding hydrogens is 314 g/mol. The minimum atomic E-state index is -0.504. The molecule has 2 rings (SSSR count). The smallest absolute Gasteiger partial charge is 0.258 e. The quantitative estimate of drug-likeness (QED) is 0.811. The molecule has 98 valence electrons. The summed E-state index contributed by atoms with van der Waals surface area (Å²) < 4.78 is 1.80. The van der Waals surface area contributed by atoms with E-state index >= 15 is 0 Å². The Morgan fingerprint density at radius 2 is 2.26 bits per heavy atom. The second-order valence-corrected chi connectivity index (χ2v) is 4.44. The molecule has 0 aliphatic carbocycles. The Balaban J connectivity index is 2.09. The van der Waals surface area contributed by atoms with Crippen LogP contribution in [0.4, 0.5) is 5.69 Å². The van der Waals surface area contributed by atoms with Gasteiger partial charge in [0.1, 0.15) is 11.1 Å². The fourth-order valence-electron chi connectivity index (χ4n) is 1.43. The summed E-state index contributed by atoms with van der Waals surface area (Å²) in [4.78, 5) is 26.6. The number of nitrogens with two attached hydrogens (primary N) is 1. The molecule has 0 saturated heterocycles. The maximum atomic E-state index is 12.0. The standard InChI is InChI=1S/C11H10BrN5O2/c12-10-8(2-1-3-14-10)11(19)16-7-4-15-17(5-7)6-9(13)18/h1-5H,6H2,(H2,13,18)(H,16,19). The highest BCUT2D eigenvalue weighted by Gasteiger charge is 2.11. The van der Waals surface area contributed by atoms with Crippen LogP contribution >= 0.6 is 15.9 Å². The summed E-state index contributed by atoms with van der Waals surface area (Å²) in [6.45, 7) is -0.0353. The van der Waals surface area contributed by atoms with Gasteiger partial charge >= 0.3 is 0 Å². The number of rotatable bonds is 4. The molecule has 0 aromatic carbocycles. The molecule has 0 unspecified atom stereocenters. The number of carbonyl (C=O) groups excluding carboxylic acids is 2. The van der Waals surface area contributed by atoms with Crippen molar-refractivity contribution in [3.05, 3.63) is 40.9 Å². The van der Waals surface area contributed by atoms with Crippen molar-refractivity contribution in [2.75, 3.05) is 5.32 Å². The van der Waals surface area contributed by atoms with Gasteiger partial charge in [-0.05, 0) is 28.1 Å². The highest BCUT2D eigenvalue weighted by atomic mass is 79.9. The van der Waals surface area contributed by atoms with Gasteiger partial charge in [-0.2, -0.15) is 5.10 Å². The number of hydrogen-bond donors (Lipinski definition) is 2. The number of pyridine rings is 1. The zero-order chi connectivity index (χ0) is 13.8. The lowest BCUT2D eigenvalue weighted by Gasteiger charge is -2.03. The van der Waals surface area contributed by atoms with Crippen molar-refractivity contribution in [3.63, 3.8) is 0 Å². The predicted molar refractivity (Wildman–Crippen MR) is 71.3 cm³/mol. The van der Waals surface area contributed by atoms with Crippen LogP contribution in [0.2, 0.25) is 0 Å². The fourth-order valence-corrected chi connectivity index (χ4v) is 1.86. The molecule has 0 aliphatic heterocycles. The van der Waals surface area contributed by atoms with E-state index in [0.717, 1.165) is 0 Å². The summed E-state index contributed by atoms with van der Waals surface area (Å²) >= 11 is 3.19. The van der Waals surface area contributed by atoms with Crippen LogP contribution < -0.4 is 11.1 Å². The molecule has 3 N–H and O–H groups in total. The van der Waals surface area contributed by atoms with Gasteiger partial charge in [0.05, 0.1) is 17.4 Å². The van der Waals surface area contributed by atoms with Crippen LogP contribution in [0.25, 0.3) is 0 Å². The summed E-state index contributed by atoms with van der Waals surface area (Å²) in [6, 6.07) is 3.30. The first-order valence-electron chi connectivity index (χ1n) is 5.29. The minimum absolute atomic E-state index is 0.0353. The van der Waals surface area contributed by atoms with Gasteiger partial charge < -0.3 is 11.1 Å². The summed E-state index contributed by atoms with van der Waals surface area (Å²) in [5, 5.41) is 6.55. The van der Waals surface area contributed by atoms with Crippen LogP contribution in [0, 0.1) is 0 Å². The van der Waals surface area contributed by atoms with Gasteiger partial charge in [0.2, 0.25) is 5.91 Å². The van der Waals surface area contributed by atoms with Gasteiger partial charge in [-0.1, -0.05) is 0 Å². The van der Waals surface area contributed by atoms with Crippen LogP contribution in [0.3, 0.4) is 0 Å². The first-order valence-corrected chi connectivity index (χ1v) is 6.08. The lowest BCUT2D eigenvalue weighted by atomic mass is 10.2. The maximum absolute atomic E-state index is 12.0. The number of primary amides is 1. The maximum Gasteiger partial charge on any atom is 0.258 e. The second kappa shape index (κ2) is 5.61. The summed E-state index contributed by atoms with van der Waals surface area (Å²) in [7, 11) is 0. The number of halogens is 1. The Morgan fingerprint density at radius 3 is 2.95 bits per heavy atom. The van der Waals surface area contributed by atoms with Gasteiger partial charge in [-0.15, -0.1) is 0 Å². The Morgan fingerprint density at radius 1 is 1.47 bits per heavy atom. The Kier molecular flexibility index (Phi) is 3.91. The number of carbonyl (C=O) groups is 2. The predicted octanol–water partition coefficient (Wildman–Crippen LogP) is 0.778.